The fourth-order valence-electron chi connectivity index (χ4n) is 4.50. The number of carbonyl (C=O) groups excluding carboxylic acids is 2. The number of carbonyl (C=O) groups is 2. The standard InChI is InChI=1S/C27H31BrN4O4/c1-27(2,3)36-26(34)32-14-8-11-19(17-9-6-5-7-10-17)23(32)24-29-16-22(31-24)20-13-12-18(15-21(20)28)30-25(33)35-4/h5-7,9-10,12-13,15-16,19,23H,8,11,14H2,1-4H3,(H,29,31)(H,30,33)/t19-,23-/m0/s1. The molecule has 0 aliphatic carbocycles. The lowest BCUT2D eigenvalue weighted by atomic mass is 9.83. The van der Waals surface area contributed by atoms with E-state index in [4.69, 9.17) is 9.72 Å². The largest absolute Gasteiger partial charge is 0.453 e. The Morgan fingerprint density at radius 1 is 1.17 bits per heavy atom. The third-order valence-electron chi connectivity index (χ3n) is 6.04. The van der Waals surface area contributed by atoms with E-state index in [1.807, 2.05) is 51.2 Å². The zero-order chi connectivity index (χ0) is 25.9. The monoisotopic (exact) mass is 554 g/mol. The molecule has 0 bridgehead atoms. The van der Waals surface area contributed by atoms with Gasteiger partial charge < -0.3 is 14.5 Å². The number of benzene rings is 2. The summed E-state index contributed by atoms with van der Waals surface area (Å²) in [5.74, 6) is 0.773. The van der Waals surface area contributed by atoms with Gasteiger partial charge in [-0.25, -0.2) is 14.6 Å². The molecule has 1 fully saturated rings. The number of methoxy groups -OCH3 is 1. The quantitative estimate of drug-likeness (QED) is 0.366. The number of piperidine rings is 1. The summed E-state index contributed by atoms with van der Waals surface area (Å²) >= 11 is 3.59. The topological polar surface area (TPSA) is 96.6 Å². The Labute approximate surface area is 219 Å². The molecule has 3 aromatic rings. The number of anilines is 1. The predicted octanol–water partition coefficient (Wildman–Crippen LogP) is 6.87. The molecule has 0 saturated carbocycles. The molecule has 8 nitrogen and oxygen atoms in total. The molecule has 4 rings (SSSR count). The lowest BCUT2D eigenvalue weighted by molar-refractivity contribution is 0.00487. The minimum Gasteiger partial charge on any atom is -0.453 e. The number of nitrogens with zero attached hydrogens (tertiary/aromatic N) is 2. The van der Waals surface area contributed by atoms with Crippen molar-refractivity contribution in [3.8, 4) is 11.3 Å². The van der Waals surface area contributed by atoms with Crippen molar-refractivity contribution in [1.29, 1.82) is 0 Å². The van der Waals surface area contributed by atoms with Gasteiger partial charge >= 0.3 is 12.2 Å². The number of amides is 2. The summed E-state index contributed by atoms with van der Waals surface area (Å²) in [6.45, 7) is 6.22. The van der Waals surface area contributed by atoms with Crippen molar-refractivity contribution in [2.75, 3.05) is 19.0 Å². The summed E-state index contributed by atoms with van der Waals surface area (Å²) in [6.07, 6.45) is 2.77. The van der Waals surface area contributed by atoms with Crippen LogP contribution in [0.4, 0.5) is 15.3 Å². The van der Waals surface area contributed by atoms with Crippen molar-refractivity contribution < 1.29 is 19.1 Å². The minimum atomic E-state index is -0.597. The number of ether oxygens (including phenoxy) is 2. The van der Waals surface area contributed by atoms with Gasteiger partial charge in [-0.1, -0.05) is 46.3 Å². The Bertz CT molecular complexity index is 1220. The second-order valence-corrected chi connectivity index (χ2v) is 10.6. The maximum absolute atomic E-state index is 13.3. The Morgan fingerprint density at radius 2 is 1.92 bits per heavy atom. The van der Waals surface area contributed by atoms with Gasteiger partial charge in [0.1, 0.15) is 11.4 Å². The highest BCUT2D eigenvalue weighted by Gasteiger charge is 2.40. The first-order chi connectivity index (χ1) is 17.2. The molecule has 1 aliphatic rings. The van der Waals surface area contributed by atoms with Crippen LogP contribution in [0.5, 0.6) is 0 Å². The Kier molecular flexibility index (Phi) is 7.68. The molecule has 0 radical (unpaired) electrons. The molecule has 2 N–H and O–H groups in total. The number of rotatable bonds is 4. The zero-order valence-electron chi connectivity index (χ0n) is 20.9. The highest BCUT2D eigenvalue weighted by molar-refractivity contribution is 9.10. The Hall–Kier alpha value is -3.33. The molecule has 0 spiro atoms. The van der Waals surface area contributed by atoms with Crippen molar-refractivity contribution in [1.82, 2.24) is 14.9 Å². The maximum atomic E-state index is 13.3. The summed E-state index contributed by atoms with van der Waals surface area (Å²) in [6, 6.07) is 15.4. The summed E-state index contributed by atoms with van der Waals surface area (Å²) in [7, 11) is 1.32. The molecular formula is C27H31BrN4O4. The second-order valence-electron chi connectivity index (χ2n) is 9.76. The number of nitrogens with one attached hydrogen (secondary N) is 2. The van der Waals surface area contributed by atoms with E-state index < -0.39 is 11.7 Å². The number of imidazole rings is 1. The number of H-pyrrole nitrogens is 1. The van der Waals surface area contributed by atoms with Gasteiger partial charge in [-0.05, 0) is 57.4 Å². The molecule has 2 heterocycles. The van der Waals surface area contributed by atoms with Crippen LogP contribution < -0.4 is 5.32 Å². The minimum absolute atomic E-state index is 0.0709. The Balaban J connectivity index is 1.69. The SMILES string of the molecule is COC(=O)Nc1ccc(-c2c[nH]c([C@@H]3[C@H](c4ccccc4)CCCN3C(=O)OC(C)(C)C)n2)c(Br)c1. The first-order valence-electron chi connectivity index (χ1n) is 11.9. The van der Waals surface area contributed by atoms with Gasteiger partial charge in [0, 0.05) is 34.4 Å². The highest BCUT2D eigenvalue weighted by Crippen LogP contribution is 2.43. The van der Waals surface area contributed by atoms with Crippen LogP contribution in [0.1, 0.15) is 57.0 Å². The van der Waals surface area contributed by atoms with Gasteiger partial charge in [0.2, 0.25) is 0 Å². The van der Waals surface area contributed by atoms with Gasteiger partial charge in [0.15, 0.2) is 0 Å². The van der Waals surface area contributed by atoms with Crippen LogP contribution in [-0.2, 0) is 9.47 Å². The Morgan fingerprint density at radius 3 is 2.58 bits per heavy atom. The number of aromatic nitrogens is 2. The van der Waals surface area contributed by atoms with Gasteiger partial charge in [-0.3, -0.25) is 10.2 Å². The van der Waals surface area contributed by atoms with Gasteiger partial charge in [0.25, 0.3) is 0 Å². The van der Waals surface area contributed by atoms with Crippen molar-refractivity contribution in [3.63, 3.8) is 0 Å². The van der Waals surface area contributed by atoms with E-state index in [0.29, 0.717) is 18.1 Å². The molecule has 1 saturated heterocycles. The lowest BCUT2D eigenvalue weighted by Gasteiger charge is -2.41. The molecule has 2 amide bonds. The molecule has 2 atom stereocenters. The fraction of sp³-hybridized carbons (Fsp3) is 0.370. The van der Waals surface area contributed by atoms with Crippen molar-refractivity contribution in [3.05, 3.63) is 70.6 Å². The highest BCUT2D eigenvalue weighted by atomic mass is 79.9. The fourth-order valence-corrected chi connectivity index (χ4v) is 5.09. The third-order valence-corrected chi connectivity index (χ3v) is 6.70. The van der Waals surface area contributed by atoms with Crippen LogP contribution in [0.3, 0.4) is 0 Å². The number of halogens is 1. The van der Waals surface area contributed by atoms with Crippen LogP contribution >= 0.6 is 15.9 Å². The normalized spacial score (nSPS) is 18.0. The molecular weight excluding hydrogens is 524 g/mol. The van der Waals surface area contributed by atoms with Crippen molar-refractivity contribution in [2.45, 2.75) is 51.2 Å². The van der Waals surface area contributed by atoms with Gasteiger partial charge in [-0.2, -0.15) is 0 Å². The van der Waals surface area contributed by atoms with Crippen LogP contribution in [0, 0.1) is 0 Å². The zero-order valence-corrected chi connectivity index (χ0v) is 22.5. The summed E-state index contributed by atoms with van der Waals surface area (Å²) in [5, 5.41) is 2.65. The number of likely N-dealkylation sites (tertiary alicyclic amines) is 1. The third kappa shape index (κ3) is 5.90. The molecule has 1 aliphatic heterocycles. The van der Waals surface area contributed by atoms with E-state index in [1.54, 1.807) is 17.0 Å². The number of aromatic amines is 1. The average molecular weight is 555 g/mol. The first-order valence-corrected chi connectivity index (χ1v) is 12.7. The summed E-state index contributed by atoms with van der Waals surface area (Å²) < 4.78 is 11.2. The lowest BCUT2D eigenvalue weighted by Crippen LogP contribution is -2.45. The van der Waals surface area contributed by atoms with E-state index in [2.05, 4.69) is 43.1 Å². The predicted molar refractivity (Wildman–Crippen MR) is 142 cm³/mol. The second kappa shape index (κ2) is 10.7. The number of hydrogen-bond acceptors (Lipinski definition) is 5. The van der Waals surface area contributed by atoms with Crippen LogP contribution in [0.25, 0.3) is 11.3 Å². The van der Waals surface area contributed by atoms with Gasteiger partial charge in [0.05, 0.1) is 18.8 Å². The van der Waals surface area contributed by atoms with Crippen LogP contribution in [0.15, 0.2) is 59.2 Å². The summed E-state index contributed by atoms with van der Waals surface area (Å²) in [4.78, 5) is 34.9. The van der Waals surface area contributed by atoms with Gasteiger partial charge in [-0.15, -0.1) is 0 Å². The molecule has 9 heteroatoms. The van der Waals surface area contributed by atoms with E-state index in [0.717, 1.165) is 34.1 Å². The van der Waals surface area contributed by atoms with Crippen LogP contribution in [0.2, 0.25) is 0 Å². The van der Waals surface area contributed by atoms with E-state index in [1.165, 1.54) is 7.11 Å². The first kappa shape index (κ1) is 25.8. The van der Waals surface area contributed by atoms with Crippen molar-refractivity contribution >= 4 is 33.8 Å². The summed E-state index contributed by atoms with van der Waals surface area (Å²) in [5.41, 5.74) is 2.74. The molecule has 1 aromatic heterocycles. The maximum Gasteiger partial charge on any atom is 0.411 e. The van der Waals surface area contributed by atoms with Crippen molar-refractivity contribution in [2.24, 2.45) is 0 Å². The molecule has 0 unspecified atom stereocenters. The van der Waals surface area contributed by atoms with E-state index in [9.17, 15) is 9.59 Å². The van der Waals surface area contributed by atoms with E-state index >= 15 is 0 Å². The molecule has 36 heavy (non-hydrogen) atoms. The van der Waals surface area contributed by atoms with E-state index in [-0.39, 0.29) is 18.1 Å². The van der Waals surface area contributed by atoms with Crippen LogP contribution in [-0.4, -0.2) is 46.3 Å². The number of hydrogen-bond donors (Lipinski definition) is 2. The molecule has 190 valence electrons. The average Bonchev–Trinajstić information content (AvgIpc) is 3.32. The molecule has 2 aromatic carbocycles. The smallest absolute Gasteiger partial charge is 0.411 e.